The van der Waals surface area contributed by atoms with Gasteiger partial charge in [0.15, 0.2) is 23.1 Å². The van der Waals surface area contributed by atoms with Crippen molar-refractivity contribution in [3.8, 4) is 0 Å². The standard InChI is InChI=1S/C16H22O2.C15H20O2/c1-15(2,3)13(17)11-9-7-8-10-12(11)14(18)16(4,5)6;1-10(2)13(16)11-7-6-8-12(9-11)14(17)15(3,4)5/h7-10H,1-6H3;6-10H,1-5H3. The molecule has 2 rings (SSSR count). The van der Waals surface area contributed by atoms with Gasteiger partial charge in [-0.2, -0.15) is 0 Å². The summed E-state index contributed by atoms with van der Waals surface area (Å²) in [4.78, 5) is 48.7. The van der Waals surface area contributed by atoms with Crippen LogP contribution < -0.4 is 0 Å². The van der Waals surface area contributed by atoms with Gasteiger partial charge >= 0.3 is 0 Å². The number of Topliss-reactive ketones (excluding diaryl/α,β-unsaturated/α-hetero) is 4. The van der Waals surface area contributed by atoms with Gasteiger partial charge in [0.05, 0.1) is 0 Å². The molecule has 0 aromatic heterocycles. The van der Waals surface area contributed by atoms with Crippen molar-refractivity contribution in [3.05, 3.63) is 70.8 Å². The monoisotopic (exact) mass is 478 g/mol. The van der Waals surface area contributed by atoms with E-state index in [9.17, 15) is 19.2 Å². The van der Waals surface area contributed by atoms with Gasteiger partial charge in [-0.15, -0.1) is 0 Å². The molecule has 35 heavy (non-hydrogen) atoms. The Balaban J connectivity index is 0.000000351. The number of rotatable bonds is 5. The number of hydrogen-bond donors (Lipinski definition) is 0. The third kappa shape index (κ3) is 8.38. The Kier molecular flexibility index (Phi) is 9.68. The summed E-state index contributed by atoms with van der Waals surface area (Å²) in [6.07, 6.45) is 0. The van der Waals surface area contributed by atoms with Crippen LogP contribution in [-0.4, -0.2) is 23.1 Å². The predicted molar refractivity (Wildman–Crippen MR) is 143 cm³/mol. The van der Waals surface area contributed by atoms with Crippen molar-refractivity contribution in [2.24, 2.45) is 22.2 Å². The van der Waals surface area contributed by atoms with E-state index in [1.54, 1.807) is 48.5 Å². The predicted octanol–water partition coefficient (Wildman–Crippen LogP) is 7.90. The molecule has 2 aromatic rings. The normalized spacial score (nSPS) is 12.0. The lowest BCUT2D eigenvalue weighted by atomic mass is 9.79. The molecule has 4 nitrogen and oxygen atoms in total. The van der Waals surface area contributed by atoms with Crippen LogP contribution in [0, 0.1) is 22.2 Å². The van der Waals surface area contributed by atoms with Crippen LogP contribution in [-0.2, 0) is 0 Å². The van der Waals surface area contributed by atoms with Crippen molar-refractivity contribution >= 4 is 23.1 Å². The molecular formula is C31H42O4. The van der Waals surface area contributed by atoms with Gasteiger partial charge < -0.3 is 0 Å². The highest BCUT2D eigenvalue weighted by atomic mass is 16.1. The summed E-state index contributed by atoms with van der Waals surface area (Å²) in [5, 5.41) is 0. The molecule has 0 saturated carbocycles. The maximum absolute atomic E-state index is 12.4. The zero-order valence-corrected chi connectivity index (χ0v) is 23.3. The topological polar surface area (TPSA) is 68.3 Å². The molecule has 0 N–H and O–H groups in total. The first kappa shape index (κ1) is 30.2. The number of hydrogen-bond acceptors (Lipinski definition) is 4. The van der Waals surface area contributed by atoms with Crippen LogP contribution in [0.4, 0.5) is 0 Å². The van der Waals surface area contributed by atoms with Gasteiger partial charge in [-0.25, -0.2) is 0 Å². The number of ketones is 4. The Morgan fingerprint density at radius 2 is 0.914 bits per heavy atom. The van der Waals surface area contributed by atoms with E-state index in [4.69, 9.17) is 0 Å². The minimum Gasteiger partial charge on any atom is -0.294 e. The highest BCUT2D eigenvalue weighted by Gasteiger charge is 2.30. The summed E-state index contributed by atoms with van der Waals surface area (Å²) in [5.41, 5.74) is 0.927. The lowest BCUT2D eigenvalue weighted by molar-refractivity contribution is 0.0823. The van der Waals surface area contributed by atoms with Crippen molar-refractivity contribution in [3.63, 3.8) is 0 Å². The average Bonchev–Trinajstić information content (AvgIpc) is 2.75. The summed E-state index contributed by atoms with van der Waals surface area (Å²) in [5.74, 6) is 0.117. The summed E-state index contributed by atoms with van der Waals surface area (Å²) in [7, 11) is 0. The van der Waals surface area contributed by atoms with Gasteiger partial charge in [0, 0.05) is 44.4 Å². The quantitative estimate of drug-likeness (QED) is 0.410. The third-order valence-electron chi connectivity index (χ3n) is 5.39. The summed E-state index contributed by atoms with van der Waals surface area (Å²) < 4.78 is 0. The number of carbonyl (C=O) groups excluding carboxylic acids is 4. The second-order valence-electron chi connectivity index (χ2n) is 12.4. The first-order valence-electron chi connectivity index (χ1n) is 12.2. The van der Waals surface area contributed by atoms with E-state index < -0.39 is 16.2 Å². The van der Waals surface area contributed by atoms with Crippen molar-refractivity contribution in [1.29, 1.82) is 0 Å². The van der Waals surface area contributed by atoms with Crippen LogP contribution in [0.15, 0.2) is 48.5 Å². The zero-order chi connectivity index (χ0) is 27.4. The van der Waals surface area contributed by atoms with Crippen LogP contribution in [0.1, 0.15) is 118 Å². The van der Waals surface area contributed by atoms with E-state index in [0.717, 1.165) is 0 Å². The zero-order valence-electron chi connectivity index (χ0n) is 23.3. The summed E-state index contributed by atoms with van der Waals surface area (Å²) in [6.45, 7) is 20.6. The van der Waals surface area contributed by atoms with Gasteiger partial charge in [-0.3, -0.25) is 19.2 Å². The van der Waals surface area contributed by atoms with Crippen LogP contribution in [0.2, 0.25) is 0 Å². The largest absolute Gasteiger partial charge is 0.294 e. The maximum atomic E-state index is 12.4. The Morgan fingerprint density at radius 3 is 1.26 bits per heavy atom. The molecule has 0 amide bonds. The van der Waals surface area contributed by atoms with Crippen molar-refractivity contribution in [1.82, 2.24) is 0 Å². The van der Waals surface area contributed by atoms with Gasteiger partial charge in [0.2, 0.25) is 0 Å². The van der Waals surface area contributed by atoms with Crippen molar-refractivity contribution in [2.75, 3.05) is 0 Å². The molecule has 0 aliphatic carbocycles. The molecule has 0 heterocycles. The molecular weight excluding hydrogens is 436 g/mol. The molecule has 2 aromatic carbocycles. The number of carbonyl (C=O) groups is 4. The van der Waals surface area contributed by atoms with E-state index in [-0.39, 0.29) is 29.1 Å². The summed E-state index contributed by atoms with van der Waals surface area (Å²) >= 11 is 0. The van der Waals surface area contributed by atoms with Crippen molar-refractivity contribution < 1.29 is 19.2 Å². The molecule has 0 saturated heterocycles. The fraction of sp³-hybridized carbons (Fsp3) is 0.484. The maximum Gasteiger partial charge on any atom is 0.168 e. The van der Waals surface area contributed by atoms with E-state index in [0.29, 0.717) is 22.3 Å². The molecule has 0 spiro atoms. The molecule has 4 heteroatoms. The number of benzene rings is 2. The molecule has 0 aliphatic rings. The lowest BCUT2D eigenvalue weighted by Crippen LogP contribution is -2.26. The smallest absolute Gasteiger partial charge is 0.168 e. The van der Waals surface area contributed by atoms with Gasteiger partial charge in [0.25, 0.3) is 0 Å². The average molecular weight is 479 g/mol. The van der Waals surface area contributed by atoms with Crippen molar-refractivity contribution in [2.45, 2.75) is 76.2 Å². The van der Waals surface area contributed by atoms with Crippen LogP contribution >= 0.6 is 0 Å². The minimum atomic E-state index is -0.478. The fourth-order valence-electron chi connectivity index (χ4n) is 3.27. The highest BCUT2D eigenvalue weighted by Crippen LogP contribution is 2.28. The van der Waals surface area contributed by atoms with Crippen LogP contribution in [0.5, 0.6) is 0 Å². The Hall–Kier alpha value is -2.88. The van der Waals surface area contributed by atoms with Gasteiger partial charge in [-0.05, 0) is 6.07 Å². The molecule has 0 aliphatic heterocycles. The fourth-order valence-corrected chi connectivity index (χ4v) is 3.27. The minimum absolute atomic E-state index is 0.00991. The second kappa shape index (κ2) is 11.2. The second-order valence-corrected chi connectivity index (χ2v) is 12.4. The molecule has 0 unspecified atom stereocenters. The first-order valence-corrected chi connectivity index (χ1v) is 12.2. The Bertz CT molecular complexity index is 1040. The summed E-state index contributed by atoms with van der Waals surface area (Å²) in [6, 6.07) is 14.1. The van der Waals surface area contributed by atoms with E-state index in [2.05, 4.69) is 0 Å². The lowest BCUT2D eigenvalue weighted by Gasteiger charge is -2.22. The van der Waals surface area contributed by atoms with Crippen LogP contribution in [0.25, 0.3) is 0 Å². The highest BCUT2D eigenvalue weighted by molar-refractivity contribution is 6.11. The Labute approximate surface area is 211 Å². The molecule has 0 bridgehead atoms. The molecule has 0 radical (unpaired) electrons. The molecule has 0 fully saturated rings. The van der Waals surface area contributed by atoms with Gasteiger partial charge in [-0.1, -0.05) is 119 Å². The van der Waals surface area contributed by atoms with Gasteiger partial charge in [0.1, 0.15) is 0 Å². The van der Waals surface area contributed by atoms with E-state index in [1.165, 1.54) is 0 Å². The van der Waals surface area contributed by atoms with E-state index >= 15 is 0 Å². The SMILES string of the molecule is CC(C)(C)C(=O)c1ccccc1C(=O)C(C)(C)C.CC(C)C(=O)c1cccc(C(=O)C(C)(C)C)c1. The van der Waals surface area contributed by atoms with Crippen LogP contribution in [0.3, 0.4) is 0 Å². The first-order chi connectivity index (χ1) is 15.8. The molecule has 0 atom stereocenters. The van der Waals surface area contributed by atoms with E-state index in [1.807, 2.05) is 76.2 Å². The third-order valence-corrected chi connectivity index (χ3v) is 5.39. The Morgan fingerprint density at radius 1 is 0.543 bits per heavy atom. The molecule has 190 valence electrons.